The van der Waals surface area contributed by atoms with Gasteiger partial charge in [0.25, 0.3) is 0 Å². The van der Waals surface area contributed by atoms with Crippen molar-refractivity contribution in [3.8, 4) is 5.75 Å². The Morgan fingerprint density at radius 1 is 1.10 bits per heavy atom. The molecule has 0 amide bonds. The van der Waals surface area contributed by atoms with E-state index in [-0.39, 0.29) is 5.75 Å². The van der Waals surface area contributed by atoms with E-state index < -0.39 is 6.36 Å². The minimum Gasteiger partial charge on any atom is -0.406 e. The van der Waals surface area contributed by atoms with Gasteiger partial charge in [-0.3, -0.25) is 0 Å². The minimum absolute atomic E-state index is 0.187. The van der Waals surface area contributed by atoms with E-state index in [9.17, 15) is 13.2 Å². The third-order valence-electron chi connectivity index (χ3n) is 3.80. The van der Waals surface area contributed by atoms with Crippen LogP contribution in [0.15, 0.2) is 24.3 Å². The zero-order valence-corrected chi connectivity index (χ0v) is 11.8. The fourth-order valence-electron chi connectivity index (χ4n) is 2.53. The smallest absolute Gasteiger partial charge is 0.406 e. The molecule has 1 saturated carbocycles. The SMILES string of the molecule is CC1(C)CCC(Nc2ccc(OC(F)(F)F)cc2)CC1. The predicted molar refractivity (Wildman–Crippen MR) is 72.8 cm³/mol. The first kappa shape index (κ1) is 15.0. The fraction of sp³-hybridized carbons (Fsp3) is 0.600. The van der Waals surface area contributed by atoms with Crippen molar-refractivity contribution in [1.82, 2.24) is 0 Å². The van der Waals surface area contributed by atoms with Crippen LogP contribution in [-0.2, 0) is 0 Å². The highest BCUT2D eigenvalue weighted by Gasteiger charge is 2.31. The van der Waals surface area contributed by atoms with Gasteiger partial charge in [-0.1, -0.05) is 13.8 Å². The van der Waals surface area contributed by atoms with Gasteiger partial charge in [0.05, 0.1) is 0 Å². The van der Waals surface area contributed by atoms with E-state index in [0.29, 0.717) is 11.5 Å². The van der Waals surface area contributed by atoms with E-state index in [0.717, 1.165) is 18.5 Å². The lowest BCUT2D eigenvalue weighted by atomic mass is 9.75. The van der Waals surface area contributed by atoms with E-state index in [1.807, 2.05) is 0 Å². The number of anilines is 1. The molecule has 0 aromatic heterocycles. The summed E-state index contributed by atoms with van der Waals surface area (Å²) in [7, 11) is 0. The zero-order valence-electron chi connectivity index (χ0n) is 11.8. The van der Waals surface area contributed by atoms with Gasteiger partial charge in [0.2, 0.25) is 0 Å². The second kappa shape index (κ2) is 5.54. The summed E-state index contributed by atoms with van der Waals surface area (Å²) in [5, 5.41) is 3.37. The molecule has 0 saturated heterocycles. The predicted octanol–water partition coefficient (Wildman–Crippen LogP) is 4.97. The Bertz CT molecular complexity index is 429. The third kappa shape index (κ3) is 4.62. The maximum Gasteiger partial charge on any atom is 0.573 e. The molecule has 1 aromatic rings. The summed E-state index contributed by atoms with van der Waals surface area (Å²) in [6.07, 6.45) is -0.120. The molecule has 0 spiro atoms. The average molecular weight is 287 g/mol. The summed E-state index contributed by atoms with van der Waals surface area (Å²) < 4.78 is 40.0. The molecule has 112 valence electrons. The number of benzene rings is 1. The van der Waals surface area contributed by atoms with E-state index in [1.54, 1.807) is 12.1 Å². The van der Waals surface area contributed by atoms with Crippen molar-refractivity contribution < 1.29 is 17.9 Å². The minimum atomic E-state index is -4.64. The van der Waals surface area contributed by atoms with Gasteiger partial charge < -0.3 is 10.1 Å². The highest BCUT2D eigenvalue weighted by atomic mass is 19.4. The summed E-state index contributed by atoms with van der Waals surface area (Å²) in [4.78, 5) is 0. The highest BCUT2D eigenvalue weighted by molar-refractivity contribution is 5.47. The van der Waals surface area contributed by atoms with E-state index in [1.165, 1.54) is 25.0 Å². The number of halogens is 3. The van der Waals surface area contributed by atoms with Gasteiger partial charge in [0.1, 0.15) is 5.75 Å². The standard InChI is InChI=1S/C15H20F3NO/c1-14(2)9-7-12(8-10-14)19-11-3-5-13(6-4-11)20-15(16,17)18/h3-6,12,19H,7-10H2,1-2H3. The molecule has 0 unspecified atom stereocenters. The van der Waals surface area contributed by atoms with Crippen LogP contribution in [0.3, 0.4) is 0 Å². The first-order valence-electron chi connectivity index (χ1n) is 6.86. The van der Waals surface area contributed by atoms with Crippen LogP contribution in [0, 0.1) is 5.41 Å². The molecule has 0 aliphatic heterocycles. The van der Waals surface area contributed by atoms with Crippen LogP contribution in [-0.4, -0.2) is 12.4 Å². The Balaban J connectivity index is 1.88. The molecule has 0 atom stereocenters. The molecule has 0 bridgehead atoms. The van der Waals surface area contributed by atoms with Crippen LogP contribution < -0.4 is 10.1 Å². The normalized spacial score (nSPS) is 19.6. The van der Waals surface area contributed by atoms with Crippen LogP contribution in [0.4, 0.5) is 18.9 Å². The molecule has 20 heavy (non-hydrogen) atoms. The molecule has 5 heteroatoms. The molecular formula is C15H20F3NO. The van der Waals surface area contributed by atoms with Gasteiger partial charge in [0.15, 0.2) is 0 Å². The van der Waals surface area contributed by atoms with Crippen molar-refractivity contribution in [1.29, 1.82) is 0 Å². The van der Waals surface area contributed by atoms with Crippen molar-refractivity contribution in [2.75, 3.05) is 5.32 Å². The molecule has 1 fully saturated rings. The summed E-state index contributed by atoms with van der Waals surface area (Å²) in [5.74, 6) is -0.187. The Kier molecular flexibility index (Phi) is 4.16. The average Bonchev–Trinajstić information content (AvgIpc) is 2.32. The largest absolute Gasteiger partial charge is 0.573 e. The number of ether oxygens (including phenoxy) is 1. The van der Waals surface area contributed by atoms with Gasteiger partial charge in [-0.05, 0) is 55.4 Å². The van der Waals surface area contributed by atoms with E-state index in [2.05, 4.69) is 23.9 Å². The Morgan fingerprint density at radius 2 is 1.65 bits per heavy atom. The first-order valence-corrected chi connectivity index (χ1v) is 6.86. The molecule has 0 radical (unpaired) electrons. The molecule has 2 nitrogen and oxygen atoms in total. The maximum atomic E-state index is 12.0. The van der Waals surface area contributed by atoms with Gasteiger partial charge in [0, 0.05) is 11.7 Å². The Labute approximate surface area is 117 Å². The molecule has 0 heterocycles. The van der Waals surface area contributed by atoms with Crippen molar-refractivity contribution in [2.45, 2.75) is 51.9 Å². The number of alkyl halides is 3. The third-order valence-corrected chi connectivity index (χ3v) is 3.80. The number of nitrogens with one attached hydrogen (secondary N) is 1. The van der Waals surface area contributed by atoms with Crippen LogP contribution in [0.1, 0.15) is 39.5 Å². The van der Waals surface area contributed by atoms with Gasteiger partial charge in [-0.25, -0.2) is 0 Å². The van der Waals surface area contributed by atoms with Crippen molar-refractivity contribution >= 4 is 5.69 Å². The Hall–Kier alpha value is -1.39. The lowest BCUT2D eigenvalue weighted by Gasteiger charge is -2.35. The molecule has 2 rings (SSSR count). The quantitative estimate of drug-likeness (QED) is 0.847. The summed E-state index contributed by atoms with van der Waals surface area (Å²) in [6.45, 7) is 4.54. The summed E-state index contributed by atoms with van der Waals surface area (Å²) in [6, 6.07) is 6.32. The lowest BCUT2D eigenvalue weighted by Crippen LogP contribution is -2.29. The summed E-state index contributed by atoms with van der Waals surface area (Å²) >= 11 is 0. The second-order valence-electron chi connectivity index (χ2n) is 6.16. The van der Waals surface area contributed by atoms with Crippen molar-refractivity contribution in [3.63, 3.8) is 0 Å². The highest BCUT2D eigenvalue weighted by Crippen LogP contribution is 2.36. The van der Waals surface area contributed by atoms with Crippen LogP contribution >= 0.6 is 0 Å². The number of hydrogen-bond donors (Lipinski definition) is 1. The monoisotopic (exact) mass is 287 g/mol. The van der Waals surface area contributed by atoms with E-state index in [4.69, 9.17) is 0 Å². The van der Waals surface area contributed by atoms with Crippen molar-refractivity contribution in [3.05, 3.63) is 24.3 Å². The topological polar surface area (TPSA) is 21.3 Å². The zero-order chi connectivity index (χ0) is 14.8. The van der Waals surface area contributed by atoms with Gasteiger partial charge in [-0.2, -0.15) is 0 Å². The van der Waals surface area contributed by atoms with Crippen LogP contribution in [0.5, 0.6) is 5.75 Å². The molecule has 1 aliphatic rings. The maximum absolute atomic E-state index is 12.0. The van der Waals surface area contributed by atoms with E-state index >= 15 is 0 Å². The molecule has 1 aliphatic carbocycles. The van der Waals surface area contributed by atoms with Gasteiger partial charge in [-0.15, -0.1) is 13.2 Å². The second-order valence-corrected chi connectivity index (χ2v) is 6.16. The number of hydrogen-bond acceptors (Lipinski definition) is 2. The van der Waals surface area contributed by atoms with Crippen molar-refractivity contribution in [2.24, 2.45) is 5.41 Å². The van der Waals surface area contributed by atoms with Crippen LogP contribution in [0.25, 0.3) is 0 Å². The summed E-state index contributed by atoms with van der Waals surface area (Å²) in [5.41, 5.74) is 1.24. The molecular weight excluding hydrogens is 267 g/mol. The fourth-order valence-corrected chi connectivity index (χ4v) is 2.53. The number of rotatable bonds is 3. The van der Waals surface area contributed by atoms with Crippen LogP contribution in [0.2, 0.25) is 0 Å². The Morgan fingerprint density at radius 3 is 2.15 bits per heavy atom. The van der Waals surface area contributed by atoms with Gasteiger partial charge >= 0.3 is 6.36 Å². The lowest BCUT2D eigenvalue weighted by molar-refractivity contribution is -0.274. The molecule has 1 aromatic carbocycles. The first-order chi connectivity index (χ1) is 9.23. The molecule has 1 N–H and O–H groups in total.